The second-order valence-corrected chi connectivity index (χ2v) is 13.3. The van der Waals surface area contributed by atoms with Crippen LogP contribution in [0.2, 0.25) is 0 Å². The highest BCUT2D eigenvalue weighted by Crippen LogP contribution is 2.68. The van der Waals surface area contributed by atoms with Crippen molar-refractivity contribution in [2.45, 2.75) is 65.9 Å². The number of nitrogens with zero attached hydrogens (tertiary/aromatic N) is 2. The first-order chi connectivity index (χ1) is 18.9. The normalized spacial score (nSPS) is 28.8. The summed E-state index contributed by atoms with van der Waals surface area (Å²) in [5, 5.41) is 9.26. The number of rotatable bonds is 15. The summed E-state index contributed by atoms with van der Waals surface area (Å²) in [5.41, 5.74) is 0.998. The predicted octanol–water partition coefficient (Wildman–Crippen LogP) is 4.34. The van der Waals surface area contributed by atoms with E-state index in [1.165, 1.54) is 0 Å². The van der Waals surface area contributed by atoms with Crippen molar-refractivity contribution in [2.24, 2.45) is 11.8 Å². The zero-order chi connectivity index (χ0) is 28.0. The van der Waals surface area contributed by atoms with Gasteiger partial charge in [-0.05, 0) is 44.1 Å². The Bertz CT molecular complexity index is 1060. The molecule has 9 heteroatoms. The second-order valence-electron chi connectivity index (χ2n) is 10.6. The Kier molecular flexibility index (Phi) is 10.3. The fraction of sp³-hybridized carbons (Fsp3) is 0.567. The summed E-state index contributed by atoms with van der Waals surface area (Å²) in [7, 11) is 0. The molecule has 7 nitrogen and oxygen atoms in total. The lowest BCUT2D eigenvalue weighted by atomic mass is 9.71. The van der Waals surface area contributed by atoms with Crippen LogP contribution in [0, 0.1) is 11.8 Å². The molecule has 3 heterocycles. The number of hydrogen-bond acceptors (Lipinski definition) is 6. The van der Waals surface area contributed by atoms with Gasteiger partial charge in [-0.2, -0.15) is 0 Å². The van der Waals surface area contributed by atoms with Crippen molar-refractivity contribution in [1.29, 1.82) is 0 Å². The minimum absolute atomic E-state index is 0.000430. The van der Waals surface area contributed by atoms with Crippen molar-refractivity contribution in [1.82, 2.24) is 9.80 Å². The van der Waals surface area contributed by atoms with Gasteiger partial charge in [0.1, 0.15) is 6.04 Å². The van der Waals surface area contributed by atoms with E-state index in [0.717, 1.165) is 24.8 Å². The highest BCUT2D eigenvalue weighted by atomic mass is 79.9. The van der Waals surface area contributed by atoms with Crippen LogP contribution in [-0.2, 0) is 25.7 Å². The molecule has 1 aromatic rings. The molecule has 0 saturated carbocycles. The molecule has 3 unspecified atom stereocenters. The molecule has 212 valence electrons. The maximum Gasteiger partial charge on any atom is 0.310 e. The van der Waals surface area contributed by atoms with Crippen molar-refractivity contribution < 1.29 is 24.2 Å². The van der Waals surface area contributed by atoms with E-state index < -0.39 is 22.6 Å². The number of halogens is 1. The average Bonchev–Trinajstić information content (AvgIpc) is 3.52. The third-order valence-electron chi connectivity index (χ3n) is 8.03. The number of alkyl halides is 1. The van der Waals surface area contributed by atoms with E-state index in [1.807, 2.05) is 36.4 Å². The van der Waals surface area contributed by atoms with Crippen LogP contribution in [0.1, 0.15) is 44.1 Å². The van der Waals surface area contributed by atoms with Gasteiger partial charge >= 0.3 is 5.97 Å². The Morgan fingerprint density at radius 2 is 1.95 bits per heavy atom. The fourth-order valence-corrected chi connectivity index (χ4v) is 9.93. The number of ether oxygens (including phenoxy) is 1. The standard InChI is InChI=1S/C30H39BrN2O5S/c1-3-5-6-12-18-38-29(37)23-24-27(35)33(16-10-11-17-34)26(30(24)19-22(31)25(23)39-30)28(36)32(15-4-2)20-21-13-8-7-9-14-21/h3-4,7-9,13-14,22-26,34H,1-2,5-6,10-12,15-20H2/t22?,23-,24+,25-,26?,30?/m1/s1. The number of unbranched alkanes of at least 4 members (excludes halogenated alkanes) is 3. The molecule has 6 atom stereocenters. The Balaban J connectivity index is 1.63. The molecule has 3 fully saturated rings. The van der Waals surface area contributed by atoms with Gasteiger partial charge in [0.15, 0.2) is 0 Å². The third-order valence-corrected chi connectivity index (χ3v) is 11.2. The Hall–Kier alpha value is -2.10. The molecule has 0 radical (unpaired) electrons. The number of aliphatic hydroxyl groups is 1. The molecule has 2 bridgehead atoms. The number of fused-ring (bicyclic) bond motifs is 1. The number of carbonyl (C=O) groups is 3. The zero-order valence-electron chi connectivity index (χ0n) is 22.4. The van der Waals surface area contributed by atoms with Gasteiger partial charge in [-0.1, -0.05) is 58.4 Å². The summed E-state index contributed by atoms with van der Waals surface area (Å²) >= 11 is 5.42. The highest BCUT2D eigenvalue weighted by molar-refractivity contribution is 9.09. The van der Waals surface area contributed by atoms with Crippen molar-refractivity contribution in [2.75, 3.05) is 26.3 Å². The molecule has 39 heavy (non-hydrogen) atoms. The van der Waals surface area contributed by atoms with Gasteiger partial charge in [0.2, 0.25) is 11.8 Å². The molecule has 1 aromatic carbocycles. The number of esters is 1. The van der Waals surface area contributed by atoms with Crippen molar-refractivity contribution >= 4 is 45.5 Å². The SMILES string of the molecule is C=CCCCCOC(=O)[C@H]1[C@@H]2SC3(CC2Br)C(C(=O)N(CC=C)Cc2ccccc2)N(CCCCO)C(=O)[C@H]13. The van der Waals surface area contributed by atoms with Gasteiger partial charge in [-0.25, -0.2) is 0 Å². The lowest BCUT2D eigenvalue weighted by molar-refractivity contribution is -0.154. The second kappa shape index (κ2) is 13.5. The molecule has 4 rings (SSSR count). The minimum atomic E-state index is -0.713. The van der Waals surface area contributed by atoms with Crippen LogP contribution in [0.3, 0.4) is 0 Å². The average molecular weight is 620 g/mol. The van der Waals surface area contributed by atoms with Crippen molar-refractivity contribution in [3.63, 3.8) is 0 Å². The number of aliphatic hydroxyl groups excluding tert-OH is 1. The van der Waals surface area contributed by atoms with E-state index in [2.05, 4.69) is 29.1 Å². The fourth-order valence-electron chi connectivity index (χ4n) is 6.34. The number of thioether (sulfide) groups is 1. The number of allylic oxidation sites excluding steroid dienone is 1. The van der Waals surface area contributed by atoms with Gasteiger partial charge < -0.3 is 19.6 Å². The number of benzene rings is 1. The molecule has 3 aliphatic rings. The van der Waals surface area contributed by atoms with Crippen LogP contribution in [0.25, 0.3) is 0 Å². The monoisotopic (exact) mass is 618 g/mol. The highest BCUT2D eigenvalue weighted by Gasteiger charge is 2.76. The maximum atomic E-state index is 14.4. The van der Waals surface area contributed by atoms with Gasteiger partial charge in [0, 0.05) is 36.3 Å². The van der Waals surface area contributed by atoms with E-state index in [1.54, 1.807) is 27.6 Å². The number of carbonyl (C=O) groups excluding carboxylic acids is 3. The van der Waals surface area contributed by atoms with Crippen LogP contribution in [-0.4, -0.2) is 79.9 Å². The Morgan fingerprint density at radius 3 is 2.64 bits per heavy atom. The smallest absolute Gasteiger partial charge is 0.310 e. The molecule has 3 saturated heterocycles. The first kappa shape index (κ1) is 29.9. The third kappa shape index (κ3) is 6.00. The maximum absolute atomic E-state index is 14.4. The quantitative estimate of drug-likeness (QED) is 0.136. The van der Waals surface area contributed by atoms with Gasteiger partial charge in [0.05, 0.1) is 23.2 Å². The topological polar surface area (TPSA) is 87.2 Å². The summed E-state index contributed by atoms with van der Waals surface area (Å²) in [5.74, 6) is -1.81. The predicted molar refractivity (Wildman–Crippen MR) is 157 cm³/mol. The van der Waals surface area contributed by atoms with E-state index in [0.29, 0.717) is 45.5 Å². The molecular weight excluding hydrogens is 580 g/mol. The zero-order valence-corrected chi connectivity index (χ0v) is 24.8. The summed E-state index contributed by atoms with van der Waals surface area (Å²) < 4.78 is 4.99. The van der Waals surface area contributed by atoms with Gasteiger partial charge in [0.25, 0.3) is 0 Å². The minimum Gasteiger partial charge on any atom is -0.465 e. The summed E-state index contributed by atoms with van der Waals surface area (Å²) in [4.78, 5) is 45.4. The largest absolute Gasteiger partial charge is 0.465 e. The summed E-state index contributed by atoms with van der Waals surface area (Å²) in [6.07, 6.45) is 7.81. The van der Waals surface area contributed by atoms with Gasteiger partial charge in [-0.3, -0.25) is 14.4 Å². The van der Waals surface area contributed by atoms with Crippen LogP contribution in [0.4, 0.5) is 0 Å². The van der Waals surface area contributed by atoms with Crippen LogP contribution >= 0.6 is 27.7 Å². The number of hydrogen-bond donors (Lipinski definition) is 1. The molecule has 1 N–H and O–H groups in total. The van der Waals surface area contributed by atoms with E-state index >= 15 is 0 Å². The molecule has 0 aromatic heterocycles. The molecular formula is C30H39BrN2O5S. The van der Waals surface area contributed by atoms with Crippen molar-refractivity contribution in [3.05, 3.63) is 61.2 Å². The Labute approximate surface area is 244 Å². The van der Waals surface area contributed by atoms with Crippen molar-refractivity contribution in [3.8, 4) is 0 Å². The van der Waals surface area contributed by atoms with E-state index in [4.69, 9.17) is 4.74 Å². The number of amides is 2. The van der Waals surface area contributed by atoms with Crippen LogP contribution in [0.5, 0.6) is 0 Å². The summed E-state index contributed by atoms with van der Waals surface area (Å²) in [6, 6.07) is 9.09. The van der Waals surface area contributed by atoms with Crippen LogP contribution in [0.15, 0.2) is 55.6 Å². The molecule has 0 aliphatic carbocycles. The first-order valence-electron chi connectivity index (χ1n) is 13.8. The molecule has 3 aliphatic heterocycles. The number of likely N-dealkylation sites (tertiary alicyclic amines) is 1. The summed E-state index contributed by atoms with van der Waals surface area (Å²) in [6.45, 7) is 9.06. The molecule has 1 spiro atoms. The first-order valence-corrected chi connectivity index (χ1v) is 15.6. The van der Waals surface area contributed by atoms with Crippen LogP contribution < -0.4 is 0 Å². The lowest BCUT2D eigenvalue weighted by Crippen LogP contribution is -2.55. The molecule has 2 amide bonds. The van der Waals surface area contributed by atoms with Gasteiger partial charge in [-0.15, -0.1) is 24.9 Å². The van der Waals surface area contributed by atoms with E-state index in [-0.39, 0.29) is 34.5 Å². The lowest BCUT2D eigenvalue weighted by Gasteiger charge is -2.38. The Morgan fingerprint density at radius 1 is 1.18 bits per heavy atom. The van der Waals surface area contributed by atoms with E-state index in [9.17, 15) is 19.5 Å².